The van der Waals surface area contributed by atoms with Gasteiger partial charge in [-0.2, -0.15) is 15.0 Å². The third-order valence-electron chi connectivity index (χ3n) is 2.42. The second-order valence-electron chi connectivity index (χ2n) is 3.82. The predicted molar refractivity (Wildman–Crippen MR) is 68.6 cm³/mol. The summed E-state index contributed by atoms with van der Waals surface area (Å²) in [5.74, 6) is 3.99. The number of aryl methyl sites for hydroxylation is 1. The van der Waals surface area contributed by atoms with E-state index in [1.165, 1.54) is 14.0 Å². The zero-order valence-corrected chi connectivity index (χ0v) is 10.7. The van der Waals surface area contributed by atoms with Crippen LogP contribution in [0.15, 0.2) is 12.1 Å². The largest absolute Gasteiger partial charge is 0.467 e. The molecule has 9 heteroatoms. The van der Waals surface area contributed by atoms with Gasteiger partial charge < -0.3 is 10.1 Å². The Morgan fingerprint density at radius 1 is 1.10 bits per heavy atom. The highest BCUT2D eigenvalue weighted by molar-refractivity contribution is 5.56. The Morgan fingerprint density at radius 2 is 1.80 bits per heavy atom. The van der Waals surface area contributed by atoms with Crippen LogP contribution in [0.1, 0.15) is 5.56 Å². The second kappa shape index (κ2) is 5.61. The molecule has 0 saturated carbocycles. The molecule has 20 heavy (non-hydrogen) atoms. The van der Waals surface area contributed by atoms with Gasteiger partial charge in [-0.05, 0) is 18.6 Å². The number of benzene rings is 1. The Hall–Kier alpha value is -2.55. The minimum atomic E-state index is -0.634. The van der Waals surface area contributed by atoms with E-state index in [9.17, 15) is 8.78 Å². The number of methoxy groups -OCH3 is 1. The minimum Gasteiger partial charge on any atom is -0.467 e. The van der Waals surface area contributed by atoms with Gasteiger partial charge in [-0.15, -0.1) is 0 Å². The molecule has 0 fully saturated rings. The number of halogens is 2. The summed E-state index contributed by atoms with van der Waals surface area (Å²) < 4.78 is 32.0. The molecule has 106 valence electrons. The smallest absolute Gasteiger partial charge is 0.322 e. The number of nitrogen functional groups attached to an aromatic ring is 1. The minimum absolute atomic E-state index is 0.0207. The maximum Gasteiger partial charge on any atom is 0.322 e. The van der Waals surface area contributed by atoms with Crippen molar-refractivity contribution in [3.63, 3.8) is 0 Å². The summed E-state index contributed by atoms with van der Waals surface area (Å²) >= 11 is 0. The molecular formula is C11H12F2N6O. The zero-order valence-electron chi connectivity index (χ0n) is 10.7. The Kier molecular flexibility index (Phi) is 3.89. The number of ether oxygens (including phenoxy) is 1. The van der Waals surface area contributed by atoms with Crippen molar-refractivity contribution < 1.29 is 13.5 Å². The molecule has 0 atom stereocenters. The lowest BCUT2D eigenvalue weighted by molar-refractivity contribution is 0.379. The first-order chi connectivity index (χ1) is 9.53. The highest BCUT2D eigenvalue weighted by Gasteiger charge is 2.11. The van der Waals surface area contributed by atoms with Crippen LogP contribution in [0, 0.1) is 18.6 Å². The predicted octanol–water partition coefficient (Wildman–Crippen LogP) is 1.50. The molecule has 1 aromatic carbocycles. The van der Waals surface area contributed by atoms with E-state index < -0.39 is 11.6 Å². The SMILES string of the molecule is COc1nc(NN)nc(Nc2cc(F)c(C)cc2F)n1. The van der Waals surface area contributed by atoms with Crippen molar-refractivity contribution in [1.29, 1.82) is 0 Å². The van der Waals surface area contributed by atoms with Gasteiger partial charge in [-0.3, -0.25) is 5.43 Å². The van der Waals surface area contributed by atoms with E-state index in [4.69, 9.17) is 10.6 Å². The molecule has 4 N–H and O–H groups in total. The van der Waals surface area contributed by atoms with E-state index in [1.54, 1.807) is 0 Å². The van der Waals surface area contributed by atoms with E-state index in [-0.39, 0.29) is 29.2 Å². The Balaban J connectivity index is 2.36. The standard InChI is InChI=1S/C11H12F2N6O/c1-5-3-7(13)8(4-6(5)12)15-9-16-10(19-14)18-11(17-9)20-2/h3-4H,14H2,1-2H3,(H2,15,16,17,18,19). The van der Waals surface area contributed by atoms with Crippen LogP contribution in [0.25, 0.3) is 0 Å². The summed E-state index contributed by atoms with van der Waals surface area (Å²) in [6, 6.07) is 2.05. The molecule has 0 radical (unpaired) electrons. The Bertz CT molecular complexity index is 614. The molecule has 1 aromatic heterocycles. The number of nitrogens with two attached hydrogens (primary N) is 1. The summed E-state index contributed by atoms with van der Waals surface area (Å²) in [4.78, 5) is 11.5. The fourth-order valence-corrected chi connectivity index (χ4v) is 1.43. The number of nitrogens with one attached hydrogen (secondary N) is 2. The van der Waals surface area contributed by atoms with Crippen molar-refractivity contribution in [3.8, 4) is 6.01 Å². The lowest BCUT2D eigenvalue weighted by Gasteiger charge is -2.09. The van der Waals surface area contributed by atoms with Crippen LogP contribution in [-0.4, -0.2) is 22.1 Å². The molecule has 2 rings (SSSR count). The Labute approximate surface area is 113 Å². The van der Waals surface area contributed by atoms with E-state index >= 15 is 0 Å². The molecule has 0 spiro atoms. The molecule has 0 aliphatic heterocycles. The maximum absolute atomic E-state index is 13.7. The van der Waals surface area contributed by atoms with Crippen LogP contribution in [0.5, 0.6) is 6.01 Å². The van der Waals surface area contributed by atoms with Crippen LogP contribution >= 0.6 is 0 Å². The Morgan fingerprint density at radius 3 is 2.45 bits per heavy atom. The van der Waals surface area contributed by atoms with Gasteiger partial charge in [0.15, 0.2) is 0 Å². The van der Waals surface area contributed by atoms with E-state index in [1.807, 2.05) is 0 Å². The van der Waals surface area contributed by atoms with Gasteiger partial charge in [-0.25, -0.2) is 14.6 Å². The van der Waals surface area contributed by atoms with Crippen molar-refractivity contribution in [2.75, 3.05) is 17.9 Å². The molecule has 0 aliphatic carbocycles. The highest BCUT2D eigenvalue weighted by Crippen LogP contribution is 2.22. The van der Waals surface area contributed by atoms with Gasteiger partial charge in [0.05, 0.1) is 12.8 Å². The van der Waals surface area contributed by atoms with Gasteiger partial charge in [0.1, 0.15) is 11.6 Å². The number of hydrogen-bond donors (Lipinski definition) is 3. The molecule has 0 amide bonds. The summed E-state index contributed by atoms with van der Waals surface area (Å²) in [5.41, 5.74) is 2.31. The van der Waals surface area contributed by atoms with Crippen LogP contribution in [0.3, 0.4) is 0 Å². The third kappa shape index (κ3) is 2.88. The first kappa shape index (κ1) is 13.9. The number of hydrazine groups is 1. The fraction of sp³-hybridized carbons (Fsp3) is 0.182. The van der Waals surface area contributed by atoms with Crippen molar-refractivity contribution in [3.05, 3.63) is 29.3 Å². The quantitative estimate of drug-likeness (QED) is 0.577. The van der Waals surface area contributed by atoms with Crippen molar-refractivity contribution in [2.24, 2.45) is 5.84 Å². The monoisotopic (exact) mass is 282 g/mol. The third-order valence-corrected chi connectivity index (χ3v) is 2.42. The fourth-order valence-electron chi connectivity index (χ4n) is 1.43. The van der Waals surface area contributed by atoms with Crippen LogP contribution in [0.2, 0.25) is 0 Å². The van der Waals surface area contributed by atoms with Crippen LogP contribution in [-0.2, 0) is 0 Å². The molecule has 1 heterocycles. The van der Waals surface area contributed by atoms with E-state index in [0.717, 1.165) is 12.1 Å². The number of rotatable bonds is 4. The zero-order chi connectivity index (χ0) is 14.7. The molecule has 0 aliphatic rings. The average molecular weight is 282 g/mol. The summed E-state index contributed by atoms with van der Waals surface area (Å²) in [7, 11) is 1.35. The van der Waals surface area contributed by atoms with Crippen LogP contribution < -0.4 is 21.3 Å². The topological polar surface area (TPSA) is 98.0 Å². The summed E-state index contributed by atoms with van der Waals surface area (Å²) in [5, 5.41) is 2.54. The molecular weight excluding hydrogens is 270 g/mol. The highest BCUT2D eigenvalue weighted by atomic mass is 19.1. The van der Waals surface area contributed by atoms with Gasteiger partial charge in [0.25, 0.3) is 0 Å². The second-order valence-corrected chi connectivity index (χ2v) is 3.82. The average Bonchev–Trinajstić information content (AvgIpc) is 2.44. The number of anilines is 3. The first-order valence-corrected chi connectivity index (χ1v) is 5.53. The van der Waals surface area contributed by atoms with Gasteiger partial charge in [0.2, 0.25) is 11.9 Å². The van der Waals surface area contributed by atoms with Gasteiger partial charge in [-0.1, -0.05) is 0 Å². The lowest BCUT2D eigenvalue weighted by Crippen LogP contribution is -2.13. The molecule has 7 nitrogen and oxygen atoms in total. The summed E-state index contributed by atoms with van der Waals surface area (Å²) in [6.07, 6.45) is 0. The lowest BCUT2D eigenvalue weighted by atomic mass is 10.2. The molecule has 0 saturated heterocycles. The van der Waals surface area contributed by atoms with Gasteiger partial charge in [0, 0.05) is 6.07 Å². The van der Waals surface area contributed by atoms with E-state index in [2.05, 4.69) is 25.7 Å². The normalized spacial score (nSPS) is 10.2. The van der Waals surface area contributed by atoms with Crippen molar-refractivity contribution in [1.82, 2.24) is 15.0 Å². The number of nitrogens with zero attached hydrogens (tertiary/aromatic N) is 3. The maximum atomic E-state index is 13.7. The first-order valence-electron chi connectivity index (χ1n) is 5.53. The number of aromatic nitrogens is 3. The molecule has 0 unspecified atom stereocenters. The number of hydrogen-bond acceptors (Lipinski definition) is 7. The molecule has 2 aromatic rings. The molecule has 0 bridgehead atoms. The van der Waals surface area contributed by atoms with Crippen molar-refractivity contribution >= 4 is 17.6 Å². The summed E-state index contributed by atoms with van der Waals surface area (Å²) in [6.45, 7) is 1.46. The van der Waals surface area contributed by atoms with Crippen LogP contribution in [0.4, 0.5) is 26.4 Å². The van der Waals surface area contributed by atoms with E-state index in [0.29, 0.717) is 0 Å². The van der Waals surface area contributed by atoms with Crippen molar-refractivity contribution in [2.45, 2.75) is 6.92 Å². The van der Waals surface area contributed by atoms with Gasteiger partial charge >= 0.3 is 6.01 Å².